The normalized spacial score (nSPS) is 10.9. The number of carbonyl (C=O) groups is 1. The fraction of sp³-hybridized carbons (Fsp3) is 0.125. The minimum absolute atomic E-state index is 0.161. The minimum Gasteiger partial charge on any atom is -0.495 e. The van der Waals surface area contributed by atoms with Crippen LogP contribution in [0.2, 0.25) is 0 Å². The Morgan fingerprint density at radius 1 is 1.13 bits per heavy atom. The Balaban J connectivity index is 1.71. The summed E-state index contributed by atoms with van der Waals surface area (Å²) >= 11 is 3.57. The van der Waals surface area contributed by atoms with E-state index in [1.54, 1.807) is 19.2 Å². The lowest BCUT2D eigenvalue weighted by Crippen LogP contribution is -2.14. The molecular formula is C24H20BrNO4. The summed E-state index contributed by atoms with van der Waals surface area (Å²) in [5.74, 6) is 1.33. The molecule has 1 aromatic heterocycles. The summed E-state index contributed by atoms with van der Waals surface area (Å²) < 4.78 is 11.9. The fourth-order valence-corrected chi connectivity index (χ4v) is 4.11. The summed E-state index contributed by atoms with van der Waals surface area (Å²) in [6, 6.07) is 18.8. The van der Waals surface area contributed by atoms with Gasteiger partial charge in [0, 0.05) is 11.3 Å². The highest BCUT2D eigenvalue weighted by Crippen LogP contribution is 2.37. The number of carbonyl (C=O) groups excluding carboxylic acids is 1. The van der Waals surface area contributed by atoms with E-state index in [1.165, 1.54) is 0 Å². The number of furan rings is 1. The molecule has 0 aliphatic heterocycles. The molecule has 0 spiro atoms. The van der Waals surface area contributed by atoms with Crippen molar-refractivity contribution in [3.63, 3.8) is 0 Å². The third-order valence-electron chi connectivity index (χ3n) is 4.98. The predicted octanol–water partition coefficient (Wildman–Crippen LogP) is 5.92. The summed E-state index contributed by atoms with van der Waals surface area (Å²) in [5, 5.41) is 14.1. The molecule has 3 aromatic carbocycles. The van der Waals surface area contributed by atoms with Gasteiger partial charge in [-0.15, -0.1) is 0 Å². The number of benzene rings is 3. The van der Waals surface area contributed by atoms with Crippen molar-refractivity contribution in [1.82, 2.24) is 0 Å². The van der Waals surface area contributed by atoms with Gasteiger partial charge in [0.05, 0.1) is 17.1 Å². The molecule has 0 radical (unpaired) electrons. The Morgan fingerprint density at radius 3 is 2.67 bits per heavy atom. The van der Waals surface area contributed by atoms with Gasteiger partial charge < -0.3 is 19.6 Å². The second kappa shape index (κ2) is 8.34. The van der Waals surface area contributed by atoms with E-state index in [2.05, 4.69) is 21.2 Å². The molecule has 6 heteroatoms. The first-order valence-corrected chi connectivity index (χ1v) is 10.2. The molecule has 0 saturated heterocycles. The van der Waals surface area contributed by atoms with E-state index in [0.717, 1.165) is 26.4 Å². The average Bonchev–Trinajstić information content (AvgIpc) is 3.24. The van der Waals surface area contributed by atoms with Crippen molar-refractivity contribution in [2.24, 2.45) is 0 Å². The van der Waals surface area contributed by atoms with Crippen LogP contribution >= 0.6 is 15.9 Å². The Bertz CT molecular complexity index is 1250. The largest absolute Gasteiger partial charge is 0.495 e. The van der Waals surface area contributed by atoms with E-state index in [-0.39, 0.29) is 12.5 Å². The number of hydrogen-bond donors (Lipinski definition) is 2. The molecule has 0 unspecified atom stereocenters. The van der Waals surface area contributed by atoms with Crippen LogP contribution in [0.1, 0.15) is 21.7 Å². The number of fused-ring (bicyclic) bond motifs is 1. The van der Waals surface area contributed by atoms with Crippen LogP contribution in [-0.2, 0) is 6.61 Å². The Kier molecular flexibility index (Phi) is 5.61. The molecule has 0 saturated carbocycles. The van der Waals surface area contributed by atoms with Gasteiger partial charge in [-0.3, -0.25) is 4.79 Å². The molecular weight excluding hydrogens is 446 g/mol. The number of aliphatic hydroxyl groups is 1. The Labute approximate surface area is 182 Å². The van der Waals surface area contributed by atoms with Crippen molar-refractivity contribution in [2.45, 2.75) is 13.5 Å². The van der Waals surface area contributed by atoms with Crippen molar-refractivity contribution >= 4 is 38.3 Å². The number of aliphatic hydroxyl groups excluding tert-OH is 1. The second-order valence-corrected chi connectivity index (χ2v) is 7.69. The Hall–Kier alpha value is -3.09. The first kappa shape index (κ1) is 20.2. The lowest BCUT2D eigenvalue weighted by molar-refractivity contribution is 0.102. The van der Waals surface area contributed by atoms with Gasteiger partial charge in [0.2, 0.25) is 0 Å². The number of anilines is 1. The van der Waals surface area contributed by atoms with Crippen molar-refractivity contribution in [2.75, 3.05) is 12.4 Å². The van der Waals surface area contributed by atoms with Crippen LogP contribution < -0.4 is 10.1 Å². The SMILES string of the molecule is COc1c(C(=O)Nc2cc(-c3ccc(CO)o3)ccc2C)cc2ccccc2c1Br. The van der Waals surface area contributed by atoms with E-state index in [9.17, 15) is 9.90 Å². The maximum absolute atomic E-state index is 13.2. The highest BCUT2D eigenvalue weighted by atomic mass is 79.9. The van der Waals surface area contributed by atoms with E-state index in [0.29, 0.717) is 28.5 Å². The summed E-state index contributed by atoms with van der Waals surface area (Å²) in [6.07, 6.45) is 0. The number of ether oxygens (including phenoxy) is 1. The lowest BCUT2D eigenvalue weighted by Gasteiger charge is -2.15. The van der Waals surface area contributed by atoms with E-state index >= 15 is 0 Å². The average molecular weight is 466 g/mol. The molecule has 30 heavy (non-hydrogen) atoms. The molecule has 0 aliphatic rings. The summed E-state index contributed by atoms with van der Waals surface area (Å²) in [7, 11) is 1.55. The van der Waals surface area contributed by atoms with Crippen LogP contribution in [0.4, 0.5) is 5.69 Å². The van der Waals surface area contributed by atoms with E-state index in [4.69, 9.17) is 9.15 Å². The molecule has 2 N–H and O–H groups in total. The molecule has 0 atom stereocenters. The molecule has 152 valence electrons. The fourth-order valence-electron chi connectivity index (χ4n) is 3.37. The molecule has 0 bridgehead atoms. The highest BCUT2D eigenvalue weighted by Gasteiger charge is 2.19. The van der Waals surface area contributed by atoms with Crippen molar-refractivity contribution in [3.05, 3.63) is 82.0 Å². The van der Waals surface area contributed by atoms with Gasteiger partial charge >= 0.3 is 0 Å². The number of hydrogen-bond acceptors (Lipinski definition) is 4. The maximum Gasteiger partial charge on any atom is 0.259 e. The third-order valence-corrected chi connectivity index (χ3v) is 5.76. The first-order valence-electron chi connectivity index (χ1n) is 9.39. The minimum atomic E-state index is -0.269. The van der Waals surface area contributed by atoms with Gasteiger partial charge in [0.15, 0.2) is 0 Å². The van der Waals surface area contributed by atoms with Gasteiger partial charge in [-0.2, -0.15) is 0 Å². The number of methoxy groups -OCH3 is 1. The van der Waals surface area contributed by atoms with E-state index in [1.807, 2.05) is 55.5 Å². The topological polar surface area (TPSA) is 71.7 Å². The van der Waals surface area contributed by atoms with Crippen LogP contribution in [0.25, 0.3) is 22.1 Å². The summed E-state index contributed by atoms with van der Waals surface area (Å²) in [4.78, 5) is 13.2. The van der Waals surface area contributed by atoms with Gasteiger partial charge in [-0.1, -0.05) is 36.4 Å². The Morgan fingerprint density at radius 2 is 1.93 bits per heavy atom. The van der Waals surface area contributed by atoms with Gasteiger partial charge in [0.1, 0.15) is 23.9 Å². The van der Waals surface area contributed by atoms with Crippen molar-refractivity contribution in [1.29, 1.82) is 0 Å². The zero-order valence-corrected chi connectivity index (χ0v) is 18.1. The standard InChI is InChI=1S/C24H20BrNO4/c1-14-7-8-16(21-10-9-17(13-27)30-21)12-20(14)26-24(28)19-11-15-5-3-4-6-18(15)22(25)23(19)29-2/h3-12,27H,13H2,1-2H3,(H,26,28). The van der Waals surface area contributed by atoms with Crippen LogP contribution in [0.3, 0.4) is 0 Å². The summed E-state index contributed by atoms with van der Waals surface area (Å²) in [5.41, 5.74) is 2.83. The molecule has 5 nitrogen and oxygen atoms in total. The van der Waals surface area contributed by atoms with Crippen LogP contribution in [0.15, 0.2) is 69.6 Å². The van der Waals surface area contributed by atoms with Crippen LogP contribution in [0.5, 0.6) is 5.75 Å². The zero-order chi connectivity index (χ0) is 21.3. The predicted molar refractivity (Wildman–Crippen MR) is 121 cm³/mol. The smallest absolute Gasteiger partial charge is 0.259 e. The molecule has 4 aromatic rings. The summed E-state index contributed by atoms with van der Waals surface area (Å²) in [6.45, 7) is 1.76. The quantitative estimate of drug-likeness (QED) is 0.383. The molecule has 0 aliphatic carbocycles. The number of aryl methyl sites for hydroxylation is 1. The molecule has 1 amide bonds. The van der Waals surface area contributed by atoms with E-state index < -0.39 is 0 Å². The maximum atomic E-state index is 13.2. The van der Waals surface area contributed by atoms with Crippen molar-refractivity contribution < 1.29 is 19.1 Å². The first-order chi connectivity index (χ1) is 14.5. The van der Waals surface area contributed by atoms with Crippen LogP contribution in [-0.4, -0.2) is 18.1 Å². The number of halogens is 1. The second-order valence-electron chi connectivity index (χ2n) is 6.90. The zero-order valence-electron chi connectivity index (χ0n) is 16.5. The highest BCUT2D eigenvalue weighted by molar-refractivity contribution is 9.10. The third kappa shape index (κ3) is 3.72. The van der Waals surface area contributed by atoms with Crippen molar-refractivity contribution in [3.8, 4) is 17.1 Å². The molecule has 4 rings (SSSR count). The number of amides is 1. The lowest BCUT2D eigenvalue weighted by atomic mass is 10.0. The number of nitrogens with one attached hydrogen (secondary N) is 1. The van der Waals surface area contributed by atoms with Crippen LogP contribution in [0, 0.1) is 6.92 Å². The monoisotopic (exact) mass is 465 g/mol. The molecule has 0 fully saturated rings. The molecule has 1 heterocycles. The van der Waals surface area contributed by atoms with Gasteiger partial charge in [-0.25, -0.2) is 0 Å². The van der Waals surface area contributed by atoms with Gasteiger partial charge in [-0.05, 0) is 63.5 Å². The number of rotatable bonds is 5. The van der Waals surface area contributed by atoms with Gasteiger partial charge in [0.25, 0.3) is 5.91 Å².